The molecule has 2 aromatic rings. The van der Waals surface area contributed by atoms with Crippen LogP contribution in [0.4, 0.5) is 0 Å². The minimum Gasteiger partial charge on any atom is -0.366 e. The Kier molecular flexibility index (Phi) is 1.30. The van der Waals surface area contributed by atoms with Crippen molar-refractivity contribution >= 4 is 11.4 Å². The molecule has 5 nitrogen and oxygen atoms in total. The molecule has 1 amide bonds. The summed E-state index contributed by atoms with van der Waals surface area (Å²) in [5, 5.41) is 3.93. The maximum absolute atomic E-state index is 10.9. The highest BCUT2D eigenvalue weighted by Gasteiger charge is 2.06. The number of carbonyl (C=O) groups is 1. The molecule has 0 unspecified atom stereocenters. The summed E-state index contributed by atoms with van der Waals surface area (Å²) < 4.78 is 1.50. The Morgan fingerprint density at radius 1 is 1.58 bits per heavy atom. The lowest BCUT2D eigenvalue weighted by molar-refractivity contribution is 0.100. The Morgan fingerprint density at radius 3 is 3.17 bits per heavy atom. The van der Waals surface area contributed by atoms with E-state index in [0.717, 1.165) is 0 Å². The predicted molar refractivity (Wildman–Crippen MR) is 41.5 cm³/mol. The second kappa shape index (κ2) is 2.30. The largest absolute Gasteiger partial charge is 0.366 e. The van der Waals surface area contributed by atoms with E-state index in [0.29, 0.717) is 11.1 Å². The van der Waals surface area contributed by atoms with Gasteiger partial charge in [-0.05, 0) is 6.07 Å². The van der Waals surface area contributed by atoms with Crippen LogP contribution < -0.4 is 5.73 Å². The number of rotatable bonds is 1. The average Bonchev–Trinajstić information content (AvgIpc) is 2.49. The molecule has 0 spiro atoms. The monoisotopic (exact) mass is 162 g/mol. The maximum Gasteiger partial charge on any atom is 0.251 e. The minimum atomic E-state index is -0.470. The van der Waals surface area contributed by atoms with E-state index in [4.69, 9.17) is 5.73 Å². The molecule has 0 aromatic carbocycles. The lowest BCUT2D eigenvalue weighted by Gasteiger charge is -1.96. The van der Waals surface area contributed by atoms with E-state index in [1.807, 2.05) is 0 Å². The lowest BCUT2D eigenvalue weighted by atomic mass is 10.2. The summed E-state index contributed by atoms with van der Waals surface area (Å²) in [4.78, 5) is 14.7. The molecule has 0 aliphatic carbocycles. The van der Waals surface area contributed by atoms with Crippen LogP contribution in [0.2, 0.25) is 0 Å². The zero-order valence-corrected chi connectivity index (χ0v) is 6.14. The number of imidazole rings is 1. The van der Waals surface area contributed by atoms with Crippen LogP contribution in [0.25, 0.3) is 5.52 Å². The third kappa shape index (κ3) is 0.833. The first-order chi connectivity index (χ1) is 5.79. The standard InChI is InChI=1S/C7H6N4O/c8-7(12)5-1-2-10-11-4-9-3-6(5)11/h1-4H,(H2,8,12). The average molecular weight is 162 g/mol. The summed E-state index contributed by atoms with van der Waals surface area (Å²) in [6.07, 6.45) is 4.57. The molecular weight excluding hydrogens is 156 g/mol. The number of carbonyl (C=O) groups excluding carboxylic acids is 1. The topological polar surface area (TPSA) is 73.3 Å². The second-order valence-electron chi connectivity index (χ2n) is 2.33. The molecular formula is C7H6N4O. The van der Waals surface area contributed by atoms with Gasteiger partial charge in [0.25, 0.3) is 5.91 Å². The van der Waals surface area contributed by atoms with E-state index in [2.05, 4.69) is 10.1 Å². The SMILES string of the molecule is NC(=O)c1ccnn2cncc12. The fraction of sp³-hybridized carbons (Fsp3) is 0. The van der Waals surface area contributed by atoms with Gasteiger partial charge in [-0.3, -0.25) is 4.79 Å². The minimum absolute atomic E-state index is 0.433. The van der Waals surface area contributed by atoms with E-state index in [-0.39, 0.29) is 0 Å². The quantitative estimate of drug-likeness (QED) is 0.632. The molecule has 2 rings (SSSR count). The summed E-state index contributed by atoms with van der Waals surface area (Å²) >= 11 is 0. The summed E-state index contributed by atoms with van der Waals surface area (Å²) in [5.41, 5.74) is 6.19. The molecule has 0 radical (unpaired) electrons. The third-order valence-corrected chi connectivity index (χ3v) is 1.59. The Balaban J connectivity index is 2.82. The second-order valence-corrected chi connectivity index (χ2v) is 2.33. The van der Waals surface area contributed by atoms with Crippen molar-refractivity contribution in [1.29, 1.82) is 0 Å². The van der Waals surface area contributed by atoms with Crippen molar-refractivity contribution in [3.63, 3.8) is 0 Å². The van der Waals surface area contributed by atoms with E-state index >= 15 is 0 Å². The van der Waals surface area contributed by atoms with Crippen molar-refractivity contribution in [2.24, 2.45) is 5.73 Å². The van der Waals surface area contributed by atoms with Gasteiger partial charge in [0.2, 0.25) is 0 Å². The fourth-order valence-corrected chi connectivity index (χ4v) is 1.05. The number of primary amides is 1. The molecule has 12 heavy (non-hydrogen) atoms. The molecule has 2 N–H and O–H groups in total. The lowest BCUT2D eigenvalue weighted by Crippen LogP contribution is -2.12. The molecule has 0 atom stereocenters. The van der Waals surface area contributed by atoms with Gasteiger partial charge in [0.15, 0.2) is 0 Å². The molecule has 0 aliphatic heterocycles. The molecule has 5 heteroatoms. The van der Waals surface area contributed by atoms with Gasteiger partial charge in [0.1, 0.15) is 6.33 Å². The third-order valence-electron chi connectivity index (χ3n) is 1.59. The molecule has 0 bridgehead atoms. The number of fused-ring (bicyclic) bond motifs is 1. The zero-order valence-electron chi connectivity index (χ0n) is 6.14. The maximum atomic E-state index is 10.9. The van der Waals surface area contributed by atoms with Crippen molar-refractivity contribution in [2.75, 3.05) is 0 Å². The van der Waals surface area contributed by atoms with E-state index in [9.17, 15) is 4.79 Å². The van der Waals surface area contributed by atoms with Gasteiger partial charge in [-0.2, -0.15) is 5.10 Å². The zero-order chi connectivity index (χ0) is 8.55. The van der Waals surface area contributed by atoms with Gasteiger partial charge in [-0.1, -0.05) is 0 Å². The van der Waals surface area contributed by atoms with Gasteiger partial charge in [0, 0.05) is 6.20 Å². The Hall–Kier alpha value is -1.91. The highest BCUT2D eigenvalue weighted by molar-refractivity contribution is 5.99. The van der Waals surface area contributed by atoms with E-state index in [1.165, 1.54) is 17.0 Å². The molecule has 0 aliphatic rings. The molecule has 2 aromatic heterocycles. The van der Waals surface area contributed by atoms with Crippen LogP contribution in [0.3, 0.4) is 0 Å². The first-order valence-electron chi connectivity index (χ1n) is 3.36. The molecule has 0 saturated carbocycles. The van der Waals surface area contributed by atoms with Crippen molar-refractivity contribution in [1.82, 2.24) is 14.6 Å². The summed E-state index contributed by atoms with van der Waals surface area (Å²) in [5.74, 6) is -0.470. The van der Waals surface area contributed by atoms with Crippen LogP contribution in [0.1, 0.15) is 10.4 Å². The van der Waals surface area contributed by atoms with Gasteiger partial charge in [-0.15, -0.1) is 0 Å². The Labute approximate surface area is 67.8 Å². The molecule has 60 valence electrons. The van der Waals surface area contributed by atoms with Crippen LogP contribution >= 0.6 is 0 Å². The first kappa shape index (κ1) is 6.78. The number of hydrogen-bond donors (Lipinski definition) is 1. The molecule has 0 saturated heterocycles. The van der Waals surface area contributed by atoms with E-state index < -0.39 is 5.91 Å². The van der Waals surface area contributed by atoms with Gasteiger partial charge in [-0.25, -0.2) is 9.50 Å². The van der Waals surface area contributed by atoms with Crippen LogP contribution in [-0.4, -0.2) is 20.5 Å². The molecule has 0 fully saturated rings. The number of nitrogens with zero attached hydrogens (tertiary/aromatic N) is 3. The number of hydrogen-bond acceptors (Lipinski definition) is 3. The smallest absolute Gasteiger partial charge is 0.251 e. The van der Waals surface area contributed by atoms with Crippen LogP contribution in [-0.2, 0) is 0 Å². The Morgan fingerprint density at radius 2 is 2.42 bits per heavy atom. The van der Waals surface area contributed by atoms with Crippen LogP contribution in [0.15, 0.2) is 24.8 Å². The Bertz CT molecular complexity index is 434. The van der Waals surface area contributed by atoms with Gasteiger partial charge < -0.3 is 5.73 Å². The van der Waals surface area contributed by atoms with Crippen molar-refractivity contribution < 1.29 is 4.79 Å². The number of nitrogens with two attached hydrogens (primary N) is 1. The predicted octanol–water partition coefficient (Wildman–Crippen LogP) is -0.172. The highest BCUT2D eigenvalue weighted by atomic mass is 16.1. The van der Waals surface area contributed by atoms with E-state index in [1.54, 1.807) is 12.3 Å². The van der Waals surface area contributed by atoms with Gasteiger partial charge in [0.05, 0.1) is 17.3 Å². The van der Waals surface area contributed by atoms with Gasteiger partial charge >= 0.3 is 0 Å². The normalized spacial score (nSPS) is 10.3. The van der Waals surface area contributed by atoms with Crippen molar-refractivity contribution in [2.45, 2.75) is 0 Å². The number of amides is 1. The van der Waals surface area contributed by atoms with Crippen LogP contribution in [0, 0.1) is 0 Å². The summed E-state index contributed by atoms with van der Waals surface area (Å²) in [6.45, 7) is 0. The first-order valence-corrected chi connectivity index (χ1v) is 3.36. The number of aromatic nitrogens is 3. The summed E-state index contributed by atoms with van der Waals surface area (Å²) in [6, 6.07) is 1.57. The van der Waals surface area contributed by atoms with Crippen molar-refractivity contribution in [3.05, 3.63) is 30.4 Å². The van der Waals surface area contributed by atoms with Crippen LogP contribution in [0.5, 0.6) is 0 Å². The van der Waals surface area contributed by atoms with Crippen molar-refractivity contribution in [3.8, 4) is 0 Å². The highest BCUT2D eigenvalue weighted by Crippen LogP contribution is 2.06. The summed E-state index contributed by atoms with van der Waals surface area (Å²) in [7, 11) is 0. The molecule has 2 heterocycles. The fourth-order valence-electron chi connectivity index (χ4n) is 1.05.